The zero-order chi connectivity index (χ0) is 14.4. The van der Waals surface area contributed by atoms with Crippen LogP contribution in [0.3, 0.4) is 0 Å². The van der Waals surface area contributed by atoms with Crippen molar-refractivity contribution in [1.82, 2.24) is 5.32 Å². The summed E-state index contributed by atoms with van der Waals surface area (Å²) in [6, 6.07) is 14.5. The number of nitrogens with one attached hydrogen (secondary N) is 1. The summed E-state index contributed by atoms with van der Waals surface area (Å²) < 4.78 is 5.60. The van der Waals surface area contributed by atoms with E-state index in [0.717, 1.165) is 11.1 Å². The van der Waals surface area contributed by atoms with E-state index < -0.39 is 4.92 Å². The quantitative estimate of drug-likeness (QED) is 0.648. The highest BCUT2D eigenvalue weighted by Crippen LogP contribution is 2.28. The zero-order valence-electron chi connectivity index (χ0n) is 11.2. The molecular formula is C15H16N2O3. The Morgan fingerprint density at radius 3 is 2.55 bits per heavy atom. The van der Waals surface area contributed by atoms with E-state index in [1.165, 1.54) is 6.07 Å². The number of nitro benzene ring substituents is 1. The van der Waals surface area contributed by atoms with Crippen molar-refractivity contribution >= 4 is 5.69 Å². The van der Waals surface area contributed by atoms with Gasteiger partial charge >= 0.3 is 5.69 Å². The van der Waals surface area contributed by atoms with E-state index in [2.05, 4.69) is 5.32 Å². The maximum Gasteiger partial charge on any atom is 0.310 e. The molecule has 0 fully saturated rings. The number of ether oxygens (including phenoxy) is 1. The first-order valence-corrected chi connectivity index (χ1v) is 6.29. The van der Waals surface area contributed by atoms with Gasteiger partial charge in [0, 0.05) is 12.6 Å². The molecule has 5 nitrogen and oxygen atoms in total. The third-order valence-electron chi connectivity index (χ3n) is 2.84. The number of benzene rings is 2. The highest BCUT2D eigenvalue weighted by atomic mass is 16.6. The first-order chi connectivity index (χ1) is 9.70. The lowest BCUT2D eigenvalue weighted by molar-refractivity contribution is -0.386. The SMILES string of the molecule is CNCc1ccc([N+](=O)[O-])c(OCc2ccccc2)c1. The average molecular weight is 272 g/mol. The van der Waals surface area contributed by atoms with Crippen molar-refractivity contribution in [3.05, 3.63) is 69.8 Å². The topological polar surface area (TPSA) is 64.4 Å². The van der Waals surface area contributed by atoms with Gasteiger partial charge in [-0.3, -0.25) is 10.1 Å². The molecule has 0 atom stereocenters. The molecule has 0 saturated heterocycles. The minimum atomic E-state index is -0.427. The van der Waals surface area contributed by atoms with Crippen LogP contribution in [0.2, 0.25) is 0 Å². The van der Waals surface area contributed by atoms with Crippen LogP contribution in [0.4, 0.5) is 5.69 Å². The Hall–Kier alpha value is -2.40. The van der Waals surface area contributed by atoms with Crippen molar-refractivity contribution in [2.45, 2.75) is 13.2 Å². The monoisotopic (exact) mass is 272 g/mol. The molecule has 104 valence electrons. The van der Waals surface area contributed by atoms with Crippen molar-refractivity contribution in [3.63, 3.8) is 0 Å². The second-order valence-electron chi connectivity index (χ2n) is 4.36. The fourth-order valence-electron chi connectivity index (χ4n) is 1.87. The van der Waals surface area contributed by atoms with Gasteiger partial charge in [0.05, 0.1) is 4.92 Å². The van der Waals surface area contributed by atoms with Gasteiger partial charge in [-0.2, -0.15) is 0 Å². The first kappa shape index (κ1) is 14.0. The molecule has 0 aromatic heterocycles. The molecular weight excluding hydrogens is 256 g/mol. The molecule has 2 aromatic rings. The van der Waals surface area contributed by atoms with Gasteiger partial charge < -0.3 is 10.1 Å². The largest absolute Gasteiger partial charge is 0.482 e. The van der Waals surface area contributed by atoms with E-state index in [4.69, 9.17) is 4.74 Å². The maximum atomic E-state index is 11.0. The Kier molecular flexibility index (Phi) is 4.68. The highest BCUT2D eigenvalue weighted by molar-refractivity contribution is 5.48. The summed E-state index contributed by atoms with van der Waals surface area (Å²) in [7, 11) is 1.83. The summed E-state index contributed by atoms with van der Waals surface area (Å²) in [5, 5.41) is 14.0. The fourth-order valence-corrected chi connectivity index (χ4v) is 1.87. The van der Waals surface area contributed by atoms with E-state index in [1.54, 1.807) is 12.1 Å². The number of nitro groups is 1. The van der Waals surface area contributed by atoms with E-state index in [1.807, 2.05) is 37.4 Å². The summed E-state index contributed by atoms with van der Waals surface area (Å²) >= 11 is 0. The molecule has 0 aliphatic rings. The predicted octanol–water partition coefficient (Wildman–Crippen LogP) is 2.89. The van der Waals surface area contributed by atoms with Gasteiger partial charge in [-0.15, -0.1) is 0 Å². The molecule has 0 heterocycles. The minimum absolute atomic E-state index is 0.0132. The lowest BCUT2D eigenvalue weighted by Crippen LogP contribution is -2.06. The Morgan fingerprint density at radius 1 is 1.15 bits per heavy atom. The van der Waals surface area contributed by atoms with Gasteiger partial charge in [0.1, 0.15) is 6.61 Å². The van der Waals surface area contributed by atoms with Crippen molar-refractivity contribution < 1.29 is 9.66 Å². The van der Waals surface area contributed by atoms with Gasteiger partial charge in [-0.05, 0) is 24.2 Å². The minimum Gasteiger partial charge on any atom is -0.482 e. The van der Waals surface area contributed by atoms with Gasteiger partial charge in [0.25, 0.3) is 0 Å². The van der Waals surface area contributed by atoms with Crippen molar-refractivity contribution in [1.29, 1.82) is 0 Å². The van der Waals surface area contributed by atoms with Crippen molar-refractivity contribution in [2.75, 3.05) is 7.05 Å². The fraction of sp³-hybridized carbons (Fsp3) is 0.200. The van der Waals surface area contributed by atoms with Crippen LogP contribution in [0, 0.1) is 10.1 Å². The van der Waals surface area contributed by atoms with E-state index in [-0.39, 0.29) is 5.69 Å². The zero-order valence-corrected chi connectivity index (χ0v) is 11.2. The van der Waals surface area contributed by atoms with Crippen LogP contribution in [0.15, 0.2) is 48.5 Å². The molecule has 2 aromatic carbocycles. The molecule has 2 rings (SSSR count). The number of hydrogen-bond acceptors (Lipinski definition) is 4. The molecule has 0 aliphatic heterocycles. The lowest BCUT2D eigenvalue weighted by Gasteiger charge is -2.09. The lowest BCUT2D eigenvalue weighted by atomic mass is 10.2. The van der Waals surface area contributed by atoms with Gasteiger partial charge in [0.15, 0.2) is 5.75 Å². The number of nitrogens with zero attached hydrogens (tertiary/aromatic N) is 1. The number of rotatable bonds is 6. The summed E-state index contributed by atoms with van der Waals surface area (Å²) in [5.41, 5.74) is 1.91. The van der Waals surface area contributed by atoms with Gasteiger partial charge in [-0.1, -0.05) is 36.4 Å². The van der Waals surface area contributed by atoms with Crippen LogP contribution in [0.1, 0.15) is 11.1 Å². The molecule has 0 unspecified atom stereocenters. The van der Waals surface area contributed by atoms with Crippen molar-refractivity contribution in [3.8, 4) is 5.75 Å². The first-order valence-electron chi connectivity index (χ1n) is 6.29. The Bertz CT molecular complexity index is 585. The van der Waals surface area contributed by atoms with Crippen LogP contribution in [0.5, 0.6) is 5.75 Å². The second kappa shape index (κ2) is 6.68. The molecule has 0 radical (unpaired) electrons. The Balaban J connectivity index is 2.19. The van der Waals surface area contributed by atoms with Crippen LogP contribution >= 0.6 is 0 Å². The summed E-state index contributed by atoms with van der Waals surface area (Å²) in [6.45, 7) is 0.949. The molecule has 0 bridgehead atoms. The molecule has 5 heteroatoms. The molecule has 1 N–H and O–H groups in total. The van der Waals surface area contributed by atoms with Crippen LogP contribution in [-0.2, 0) is 13.2 Å². The highest BCUT2D eigenvalue weighted by Gasteiger charge is 2.15. The Morgan fingerprint density at radius 2 is 1.90 bits per heavy atom. The standard InChI is InChI=1S/C15H16N2O3/c1-16-10-13-7-8-14(17(18)19)15(9-13)20-11-12-5-3-2-4-6-12/h2-9,16H,10-11H2,1H3. The smallest absolute Gasteiger partial charge is 0.310 e. The predicted molar refractivity (Wildman–Crippen MR) is 76.6 cm³/mol. The van der Waals surface area contributed by atoms with Crippen LogP contribution in [-0.4, -0.2) is 12.0 Å². The molecule has 0 saturated carbocycles. The average Bonchev–Trinajstić information content (AvgIpc) is 2.46. The van der Waals surface area contributed by atoms with Gasteiger partial charge in [0.2, 0.25) is 0 Å². The summed E-state index contributed by atoms with van der Waals surface area (Å²) in [6.07, 6.45) is 0. The van der Waals surface area contributed by atoms with E-state index in [0.29, 0.717) is 18.9 Å². The summed E-state index contributed by atoms with van der Waals surface area (Å²) in [4.78, 5) is 10.6. The summed E-state index contributed by atoms with van der Waals surface area (Å²) in [5.74, 6) is 0.298. The molecule has 0 spiro atoms. The normalized spacial score (nSPS) is 10.2. The third-order valence-corrected chi connectivity index (χ3v) is 2.84. The van der Waals surface area contributed by atoms with E-state index in [9.17, 15) is 10.1 Å². The Labute approximate surface area is 117 Å². The van der Waals surface area contributed by atoms with Crippen LogP contribution < -0.4 is 10.1 Å². The third kappa shape index (κ3) is 3.55. The van der Waals surface area contributed by atoms with Crippen LogP contribution in [0.25, 0.3) is 0 Å². The maximum absolute atomic E-state index is 11.0. The number of hydrogen-bond donors (Lipinski definition) is 1. The molecule has 0 aliphatic carbocycles. The van der Waals surface area contributed by atoms with Crippen molar-refractivity contribution in [2.24, 2.45) is 0 Å². The molecule has 20 heavy (non-hydrogen) atoms. The van der Waals surface area contributed by atoms with E-state index >= 15 is 0 Å². The molecule has 0 amide bonds. The second-order valence-corrected chi connectivity index (χ2v) is 4.36. The van der Waals surface area contributed by atoms with Gasteiger partial charge in [-0.25, -0.2) is 0 Å².